The maximum absolute atomic E-state index is 6.29. The molecular formula is C18H22O. The zero-order valence-electron chi connectivity index (χ0n) is 11.6. The Morgan fingerprint density at radius 2 is 1.68 bits per heavy atom. The van der Waals surface area contributed by atoms with Crippen LogP contribution in [0, 0.1) is 0 Å². The molecule has 0 spiro atoms. The van der Waals surface area contributed by atoms with Gasteiger partial charge in [0.05, 0.1) is 12.2 Å². The van der Waals surface area contributed by atoms with Gasteiger partial charge in [-0.05, 0) is 36.1 Å². The molecule has 1 atom stereocenters. The number of hydrogen-bond donors (Lipinski definition) is 0. The van der Waals surface area contributed by atoms with Gasteiger partial charge in [0.15, 0.2) is 0 Å². The first-order valence-corrected chi connectivity index (χ1v) is 7.48. The molecule has 0 amide bonds. The minimum absolute atomic E-state index is 0.189. The lowest BCUT2D eigenvalue weighted by Crippen LogP contribution is -2.18. The first-order valence-electron chi connectivity index (χ1n) is 7.48. The van der Waals surface area contributed by atoms with Crippen LogP contribution in [-0.2, 0) is 4.74 Å². The number of ether oxygens (including phenoxy) is 1. The predicted octanol–water partition coefficient (Wildman–Crippen LogP) is 5.25. The quantitative estimate of drug-likeness (QED) is 0.727. The van der Waals surface area contributed by atoms with Crippen molar-refractivity contribution in [1.29, 1.82) is 0 Å². The van der Waals surface area contributed by atoms with Crippen LogP contribution in [0.15, 0.2) is 42.5 Å². The van der Waals surface area contributed by atoms with Crippen molar-refractivity contribution in [3.05, 3.63) is 48.0 Å². The zero-order valence-corrected chi connectivity index (χ0v) is 11.6. The van der Waals surface area contributed by atoms with E-state index in [0.29, 0.717) is 6.10 Å². The van der Waals surface area contributed by atoms with E-state index in [1.54, 1.807) is 0 Å². The van der Waals surface area contributed by atoms with Gasteiger partial charge in [-0.3, -0.25) is 0 Å². The number of rotatable bonds is 3. The molecule has 1 aliphatic rings. The third-order valence-corrected chi connectivity index (χ3v) is 4.21. The molecule has 1 aliphatic carbocycles. The van der Waals surface area contributed by atoms with Crippen molar-refractivity contribution in [2.45, 2.75) is 51.2 Å². The van der Waals surface area contributed by atoms with E-state index in [1.165, 1.54) is 48.4 Å². The first kappa shape index (κ1) is 12.7. The van der Waals surface area contributed by atoms with Crippen molar-refractivity contribution in [2.75, 3.05) is 0 Å². The normalized spacial score (nSPS) is 18.6. The Hall–Kier alpha value is -1.34. The van der Waals surface area contributed by atoms with Gasteiger partial charge in [-0.2, -0.15) is 0 Å². The lowest BCUT2D eigenvalue weighted by molar-refractivity contribution is -0.0216. The van der Waals surface area contributed by atoms with Gasteiger partial charge in [-0.1, -0.05) is 61.7 Å². The van der Waals surface area contributed by atoms with Crippen molar-refractivity contribution in [2.24, 2.45) is 0 Å². The molecule has 19 heavy (non-hydrogen) atoms. The molecule has 100 valence electrons. The van der Waals surface area contributed by atoms with Crippen LogP contribution in [0.2, 0.25) is 0 Å². The number of benzene rings is 2. The monoisotopic (exact) mass is 254 g/mol. The first-order chi connectivity index (χ1) is 9.34. The Labute approximate surface area is 115 Å². The third-order valence-electron chi connectivity index (χ3n) is 4.21. The second-order valence-corrected chi connectivity index (χ2v) is 5.61. The standard InChI is InChI=1S/C18H22O/c1-14(19-16-10-3-2-4-11-16)17-13-7-9-15-8-5-6-12-18(15)17/h5-9,12-14,16H,2-4,10-11H2,1H3. The molecule has 1 heteroatoms. The summed E-state index contributed by atoms with van der Waals surface area (Å²) in [5, 5.41) is 2.63. The van der Waals surface area contributed by atoms with E-state index in [1.807, 2.05) is 0 Å². The molecule has 1 unspecified atom stereocenters. The molecule has 0 bridgehead atoms. The van der Waals surface area contributed by atoms with E-state index in [4.69, 9.17) is 4.74 Å². The van der Waals surface area contributed by atoms with E-state index in [9.17, 15) is 0 Å². The van der Waals surface area contributed by atoms with Crippen molar-refractivity contribution in [1.82, 2.24) is 0 Å². The van der Waals surface area contributed by atoms with Crippen LogP contribution in [-0.4, -0.2) is 6.10 Å². The Morgan fingerprint density at radius 3 is 2.53 bits per heavy atom. The summed E-state index contributed by atoms with van der Waals surface area (Å²) in [6, 6.07) is 15.1. The van der Waals surface area contributed by atoms with Crippen LogP contribution in [0.4, 0.5) is 0 Å². The van der Waals surface area contributed by atoms with Crippen LogP contribution in [0.1, 0.15) is 50.7 Å². The second kappa shape index (κ2) is 5.75. The van der Waals surface area contributed by atoms with Gasteiger partial charge in [0.25, 0.3) is 0 Å². The summed E-state index contributed by atoms with van der Waals surface area (Å²) in [4.78, 5) is 0. The number of fused-ring (bicyclic) bond motifs is 1. The molecule has 0 aliphatic heterocycles. The Kier molecular flexibility index (Phi) is 3.84. The average molecular weight is 254 g/mol. The van der Waals surface area contributed by atoms with Crippen LogP contribution < -0.4 is 0 Å². The summed E-state index contributed by atoms with van der Waals surface area (Å²) in [7, 11) is 0. The summed E-state index contributed by atoms with van der Waals surface area (Å²) in [6.45, 7) is 2.19. The van der Waals surface area contributed by atoms with Crippen molar-refractivity contribution in [3.8, 4) is 0 Å². The minimum atomic E-state index is 0.189. The van der Waals surface area contributed by atoms with E-state index < -0.39 is 0 Å². The predicted molar refractivity (Wildman–Crippen MR) is 80.3 cm³/mol. The number of hydrogen-bond acceptors (Lipinski definition) is 1. The van der Waals surface area contributed by atoms with Crippen molar-refractivity contribution < 1.29 is 4.74 Å². The summed E-state index contributed by atoms with van der Waals surface area (Å²) in [5.41, 5.74) is 1.32. The molecule has 0 aromatic heterocycles. The van der Waals surface area contributed by atoms with Gasteiger partial charge >= 0.3 is 0 Å². The minimum Gasteiger partial charge on any atom is -0.371 e. The van der Waals surface area contributed by atoms with Crippen LogP contribution >= 0.6 is 0 Å². The summed E-state index contributed by atoms with van der Waals surface area (Å²) in [5.74, 6) is 0. The van der Waals surface area contributed by atoms with Gasteiger partial charge in [0, 0.05) is 0 Å². The van der Waals surface area contributed by atoms with Gasteiger partial charge < -0.3 is 4.74 Å². The highest BCUT2D eigenvalue weighted by Crippen LogP contribution is 2.30. The molecule has 0 N–H and O–H groups in total. The molecule has 1 fully saturated rings. The molecule has 2 aromatic carbocycles. The molecule has 2 aromatic rings. The highest BCUT2D eigenvalue weighted by Gasteiger charge is 2.18. The highest BCUT2D eigenvalue weighted by molar-refractivity contribution is 5.85. The lowest BCUT2D eigenvalue weighted by atomic mass is 9.96. The zero-order chi connectivity index (χ0) is 13.1. The molecule has 0 heterocycles. The Balaban J connectivity index is 1.82. The van der Waals surface area contributed by atoms with Crippen molar-refractivity contribution in [3.63, 3.8) is 0 Å². The van der Waals surface area contributed by atoms with Crippen molar-refractivity contribution >= 4 is 10.8 Å². The maximum atomic E-state index is 6.29. The fourth-order valence-electron chi connectivity index (χ4n) is 3.17. The van der Waals surface area contributed by atoms with Gasteiger partial charge in [0.2, 0.25) is 0 Å². The molecular weight excluding hydrogens is 232 g/mol. The summed E-state index contributed by atoms with van der Waals surface area (Å²) < 4.78 is 6.29. The van der Waals surface area contributed by atoms with E-state index in [-0.39, 0.29) is 6.10 Å². The molecule has 3 rings (SSSR count). The van der Waals surface area contributed by atoms with E-state index >= 15 is 0 Å². The summed E-state index contributed by atoms with van der Waals surface area (Å²) >= 11 is 0. The molecule has 0 saturated heterocycles. The van der Waals surface area contributed by atoms with E-state index in [0.717, 1.165) is 0 Å². The van der Waals surface area contributed by atoms with Crippen LogP contribution in [0.25, 0.3) is 10.8 Å². The molecule has 1 saturated carbocycles. The molecule has 1 nitrogen and oxygen atoms in total. The van der Waals surface area contributed by atoms with Gasteiger partial charge in [-0.15, -0.1) is 0 Å². The summed E-state index contributed by atoms with van der Waals surface area (Å²) in [6.07, 6.45) is 7.14. The maximum Gasteiger partial charge on any atom is 0.0806 e. The second-order valence-electron chi connectivity index (χ2n) is 5.61. The van der Waals surface area contributed by atoms with Gasteiger partial charge in [-0.25, -0.2) is 0 Å². The topological polar surface area (TPSA) is 9.23 Å². The van der Waals surface area contributed by atoms with Crippen LogP contribution in [0.5, 0.6) is 0 Å². The highest BCUT2D eigenvalue weighted by atomic mass is 16.5. The molecule has 0 radical (unpaired) electrons. The van der Waals surface area contributed by atoms with Gasteiger partial charge in [0.1, 0.15) is 0 Å². The largest absolute Gasteiger partial charge is 0.371 e. The van der Waals surface area contributed by atoms with Crippen LogP contribution in [0.3, 0.4) is 0 Å². The lowest BCUT2D eigenvalue weighted by Gasteiger charge is -2.26. The fourth-order valence-corrected chi connectivity index (χ4v) is 3.17. The average Bonchev–Trinajstić information content (AvgIpc) is 2.47. The fraction of sp³-hybridized carbons (Fsp3) is 0.444. The van der Waals surface area contributed by atoms with E-state index in [2.05, 4.69) is 49.4 Å². The smallest absolute Gasteiger partial charge is 0.0806 e. The Morgan fingerprint density at radius 1 is 0.947 bits per heavy atom. The SMILES string of the molecule is CC(OC1CCCCC1)c1cccc2ccccc12. The third kappa shape index (κ3) is 2.82. The Bertz CT molecular complexity index is 535.